The molecule has 2 aromatic rings. The molecule has 2 aliphatic rings. The van der Waals surface area contributed by atoms with Gasteiger partial charge in [-0.05, 0) is 80.3 Å². The van der Waals surface area contributed by atoms with E-state index in [2.05, 4.69) is 12.2 Å². The number of aliphatic hydroxyl groups excluding tert-OH is 1. The predicted molar refractivity (Wildman–Crippen MR) is 147 cm³/mol. The maximum absolute atomic E-state index is 11.4. The molecule has 5 N–H and O–H groups in total. The number of ether oxygens (including phenoxy) is 4. The zero-order valence-corrected chi connectivity index (χ0v) is 23.3. The van der Waals surface area contributed by atoms with Gasteiger partial charge in [0.2, 0.25) is 5.75 Å². The molecule has 6 atom stereocenters. The largest absolute Gasteiger partial charge is 0.504 e. The van der Waals surface area contributed by atoms with Crippen LogP contribution < -0.4 is 19.5 Å². The van der Waals surface area contributed by atoms with E-state index < -0.39 is 18.2 Å². The number of hydrogen-bond acceptors (Lipinski definition) is 9. The number of aryl methyl sites for hydroxylation is 1. The van der Waals surface area contributed by atoms with Crippen LogP contribution in [0.3, 0.4) is 0 Å². The Hall–Kier alpha value is -3.21. The molecule has 10 heteroatoms. The number of aromatic hydroxyl groups is 2. The minimum Gasteiger partial charge on any atom is -0.504 e. The molecule has 0 aliphatic carbocycles. The Balaban J connectivity index is 1.46. The predicted octanol–water partition coefficient (Wildman–Crippen LogP) is 3.94. The summed E-state index contributed by atoms with van der Waals surface area (Å²) >= 11 is 0. The second-order valence-electron chi connectivity index (χ2n) is 10.9. The third-order valence-corrected chi connectivity index (χ3v) is 7.92. The van der Waals surface area contributed by atoms with Gasteiger partial charge in [0, 0.05) is 24.9 Å². The van der Waals surface area contributed by atoms with Crippen molar-refractivity contribution in [3.8, 4) is 28.7 Å². The number of phenols is 2. The summed E-state index contributed by atoms with van der Waals surface area (Å²) in [6, 6.07) is 8.71. The third-order valence-electron chi connectivity index (χ3n) is 7.92. The van der Waals surface area contributed by atoms with Gasteiger partial charge in [-0.3, -0.25) is 4.79 Å². The minimum absolute atomic E-state index is 0.0508. The maximum Gasteiger partial charge on any atom is 0.303 e. The van der Waals surface area contributed by atoms with Crippen molar-refractivity contribution in [1.82, 2.24) is 5.32 Å². The highest BCUT2D eigenvalue weighted by atomic mass is 16.5. The van der Waals surface area contributed by atoms with Crippen molar-refractivity contribution < 1.29 is 44.2 Å². The van der Waals surface area contributed by atoms with Gasteiger partial charge in [0.05, 0.1) is 32.5 Å². The monoisotopic (exact) mass is 559 g/mol. The van der Waals surface area contributed by atoms with Gasteiger partial charge in [-0.2, -0.15) is 0 Å². The summed E-state index contributed by atoms with van der Waals surface area (Å²) in [5.74, 6) is -0.107. The van der Waals surface area contributed by atoms with Crippen LogP contribution in [0, 0.1) is 5.92 Å². The van der Waals surface area contributed by atoms with E-state index in [9.17, 15) is 25.2 Å². The topological polar surface area (TPSA) is 147 Å². The molecule has 40 heavy (non-hydrogen) atoms. The first kappa shape index (κ1) is 29.8. The fourth-order valence-electron chi connectivity index (χ4n) is 5.73. The van der Waals surface area contributed by atoms with Crippen LogP contribution in [0.4, 0.5) is 0 Å². The SMILES string of the molecule is COc1cc(CC[C@H]2C[C@H](O)C[C@@H](c3cc(OC)c(O)c(OC[C@@H]4N[C@H](C)CC[C@@H]4CC(=O)O)c3)O2)ccc1O. The average Bonchev–Trinajstić information content (AvgIpc) is 2.92. The van der Waals surface area contributed by atoms with Crippen LogP contribution in [0.15, 0.2) is 30.3 Å². The molecular formula is C30H41NO9. The van der Waals surface area contributed by atoms with Gasteiger partial charge < -0.3 is 44.7 Å². The van der Waals surface area contributed by atoms with Gasteiger partial charge in [0.1, 0.15) is 6.61 Å². The molecule has 10 nitrogen and oxygen atoms in total. The van der Waals surface area contributed by atoms with Crippen LogP contribution in [-0.4, -0.2) is 71.5 Å². The van der Waals surface area contributed by atoms with Crippen molar-refractivity contribution in [1.29, 1.82) is 0 Å². The van der Waals surface area contributed by atoms with Gasteiger partial charge in [0.15, 0.2) is 23.0 Å². The van der Waals surface area contributed by atoms with Crippen molar-refractivity contribution in [3.63, 3.8) is 0 Å². The molecule has 2 saturated heterocycles. The summed E-state index contributed by atoms with van der Waals surface area (Å²) in [7, 11) is 2.97. The fourth-order valence-corrected chi connectivity index (χ4v) is 5.73. The van der Waals surface area contributed by atoms with E-state index in [1.165, 1.54) is 14.2 Å². The average molecular weight is 560 g/mol. The smallest absolute Gasteiger partial charge is 0.303 e. The van der Waals surface area contributed by atoms with Crippen molar-refractivity contribution in [2.75, 3.05) is 20.8 Å². The van der Waals surface area contributed by atoms with Crippen LogP contribution in [-0.2, 0) is 16.0 Å². The number of carboxylic acid groups (broad SMARTS) is 1. The number of rotatable bonds is 11. The lowest BCUT2D eigenvalue weighted by Gasteiger charge is -2.36. The number of nitrogens with one attached hydrogen (secondary N) is 1. The standard InChI is InChI=1S/C30H41NO9/c1-17-4-7-19(13-29(34)35)23(31-17)16-39-28-12-20(11-27(38-3)30(28)36)25-15-21(32)14-22(40-25)8-5-18-6-9-24(33)26(10-18)37-2/h6,9-12,17,19,21-23,25,31-33,36H,4-5,7-8,13-16H2,1-3H3,(H,34,35)/t17-,19-,21+,22+,23+,25+/m1/s1. The Morgan fingerprint density at radius 3 is 2.52 bits per heavy atom. The second kappa shape index (κ2) is 13.4. The number of carbonyl (C=O) groups is 1. The molecule has 0 amide bonds. The Labute approximate surface area is 234 Å². The minimum atomic E-state index is -0.843. The normalized spacial score (nSPS) is 26.7. The van der Waals surface area contributed by atoms with Gasteiger partial charge in [-0.1, -0.05) is 6.07 Å². The van der Waals surface area contributed by atoms with Crippen molar-refractivity contribution >= 4 is 5.97 Å². The molecule has 220 valence electrons. The molecule has 0 bridgehead atoms. The highest BCUT2D eigenvalue weighted by molar-refractivity contribution is 5.67. The quantitative estimate of drug-likeness (QED) is 0.274. The van der Waals surface area contributed by atoms with E-state index in [0.717, 1.165) is 18.4 Å². The van der Waals surface area contributed by atoms with Gasteiger partial charge in [-0.25, -0.2) is 0 Å². The van der Waals surface area contributed by atoms with Crippen LogP contribution in [0.1, 0.15) is 62.7 Å². The second-order valence-corrected chi connectivity index (χ2v) is 10.9. The highest BCUT2D eigenvalue weighted by Crippen LogP contribution is 2.43. The molecule has 0 spiro atoms. The number of piperidine rings is 1. The summed E-state index contributed by atoms with van der Waals surface area (Å²) in [5, 5.41) is 44.1. The lowest BCUT2D eigenvalue weighted by molar-refractivity contribution is -0.138. The summed E-state index contributed by atoms with van der Waals surface area (Å²) in [4.78, 5) is 11.4. The Morgan fingerprint density at radius 1 is 1.05 bits per heavy atom. The van der Waals surface area contributed by atoms with Crippen molar-refractivity contribution in [3.05, 3.63) is 41.5 Å². The van der Waals surface area contributed by atoms with Crippen LogP contribution in [0.25, 0.3) is 0 Å². The number of aliphatic hydroxyl groups is 1. The number of carboxylic acids is 1. The van der Waals surface area contributed by atoms with Gasteiger partial charge in [0.25, 0.3) is 0 Å². The summed E-state index contributed by atoms with van der Waals surface area (Å²) in [6.45, 7) is 2.25. The summed E-state index contributed by atoms with van der Waals surface area (Å²) in [5.41, 5.74) is 1.70. The van der Waals surface area contributed by atoms with E-state index in [-0.39, 0.29) is 60.1 Å². The maximum atomic E-state index is 11.4. The molecular weight excluding hydrogens is 518 g/mol. The first-order valence-corrected chi connectivity index (χ1v) is 13.9. The fraction of sp³-hybridized carbons (Fsp3) is 0.567. The lowest BCUT2D eigenvalue weighted by atomic mass is 9.86. The van der Waals surface area contributed by atoms with E-state index in [1.807, 2.05) is 6.07 Å². The zero-order chi connectivity index (χ0) is 28.8. The Kier molecular flexibility index (Phi) is 9.99. The molecule has 2 heterocycles. The molecule has 0 unspecified atom stereocenters. The molecule has 2 aromatic carbocycles. The van der Waals surface area contributed by atoms with Crippen molar-refractivity contribution in [2.45, 2.75) is 82.3 Å². The van der Waals surface area contributed by atoms with Crippen LogP contribution in [0.5, 0.6) is 28.7 Å². The molecule has 2 aliphatic heterocycles. The number of methoxy groups -OCH3 is 2. The first-order valence-electron chi connectivity index (χ1n) is 13.9. The molecule has 0 saturated carbocycles. The molecule has 0 radical (unpaired) electrons. The summed E-state index contributed by atoms with van der Waals surface area (Å²) < 4.78 is 23.1. The number of aliphatic carboxylic acids is 1. The Bertz CT molecular complexity index is 1160. The van der Waals surface area contributed by atoms with Gasteiger partial charge >= 0.3 is 5.97 Å². The van der Waals surface area contributed by atoms with Crippen molar-refractivity contribution in [2.24, 2.45) is 5.92 Å². The number of benzene rings is 2. The van der Waals surface area contributed by atoms with E-state index in [1.54, 1.807) is 24.3 Å². The molecule has 0 aromatic heterocycles. The highest BCUT2D eigenvalue weighted by Gasteiger charge is 2.32. The van der Waals surface area contributed by atoms with Crippen LogP contribution in [0.2, 0.25) is 0 Å². The zero-order valence-electron chi connectivity index (χ0n) is 23.3. The van der Waals surface area contributed by atoms with E-state index >= 15 is 0 Å². The Morgan fingerprint density at radius 2 is 1.80 bits per heavy atom. The summed E-state index contributed by atoms with van der Waals surface area (Å²) in [6.07, 6.45) is 2.76. The van der Waals surface area contributed by atoms with E-state index in [0.29, 0.717) is 37.0 Å². The third kappa shape index (κ3) is 7.50. The molecule has 2 fully saturated rings. The lowest BCUT2D eigenvalue weighted by Crippen LogP contribution is -2.50. The van der Waals surface area contributed by atoms with E-state index in [4.69, 9.17) is 18.9 Å². The van der Waals surface area contributed by atoms with Gasteiger partial charge in [-0.15, -0.1) is 0 Å². The number of phenolic OH excluding ortho intramolecular Hbond substituents is 2. The van der Waals surface area contributed by atoms with Crippen LogP contribution >= 0.6 is 0 Å². The number of hydrogen-bond donors (Lipinski definition) is 5. The first-order chi connectivity index (χ1) is 19.2. The molecule has 4 rings (SSSR count).